The maximum absolute atomic E-state index is 12.7. The van der Waals surface area contributed by atoms with Gasteiger partial charge < -0.3 is 16.4 Å². The van der Waals surface area contributed by atoms with Crippen LogP contribution in [-0.4, -0.2) is 16.8 Å². The number of nitrogens with zero attached hydrogens (tertiary/aromatic N) is 1. The molecule has 164 valence electrons. The van der Waals surface area contributed by atoms with Crippen LogP contribution in [0.4, 0.5) is 11.4 Å². The van der Waals surface area contributed by atoms with Crippen molar-refractivity contribution in [3.8, 4) is 0 Å². The van der Waals surface area contributed by atoms with E-state index in [1.165, 1.54) is 0 Å². The lowest BCUT2D eigenvalue weighted by Crippen LogP contribution is -2.15. The van der Waals surface area contributed by atoms with Crippen molar-refractivity contribution in [3.05, 3.63) is 102 Å². The number of rotatable bonds is 6. The Hall–Kier alpha value is -4.03. The van der Waals surface area contributed by atoms with Crippen LogP contribution in [0.1, 0.15) is 33.8 Å². The van der Waals surface area contributed by atoms with E-state index in [1.807, 2.05) is 60.7 Å². The number of pyridine rings is 1. The number of carbonyl (C=O) groups is 2. The number of para-hydroxylation sites is 1. The van der Waals surface area contributed by atoms with Crippen LogP contribution >= 0.6 is 0 Å². The Morgan fingerprint density at radius 3 is 2.58 bits per heavy atom. The normalized spacial score (nSPS) is 16.9. The van der Waals surface area contributed by atoms with E-state index in [1.54, 1.807) is 24.5 Å². The molecule has 2 atom stereocenters. The number of amides is 2. The molecule has 2 amide bonds. The fourth-order valence-electron chi connectivity index (χ4n) is 4.15. The van der Waals surface area contributed by atoms with Gasteiger partial charge in [-0.15, -0.1) is 0 Å². The highest BCUT2D eigenvalue weighted by Gasteiger charge is 2.43. The fraction of sp³-hybridized carbons (Fsp3) is 0.148. The van der Waals surface area contributed by atoms with Crippen molar-refractivity contribution in [1.82, 2.24) is 4.98 Å². The number of nitrogens with one attached hydrogen (secondary N) is 2. The standard InChI is InChI=1S/C27H24N4O2/c28-15-20-3-1-2-4-25(20)31-26(32)18-7-5-17(6-8-18)23-14-24(23)27(33)30-22-10-9-21-16-29-12-11-19(21)13-22/h1-13,16,23-24H,14-15,28H2,(H,30,33)(H,31,32)/t23-,24+/m0/s1. The van der Waals surface area contributed by atoms with Crippen LogP contribution in [0, 0.1) is 5.92 Å². The molecule has 5 rings (SSSR count). The van der Waals surface area contributed by atoms with E-state index >= 15 is 0 Å². The third-order valence-corrected chi connectivity index (χ3v) is 6.12. The SMILES string of the molecule is NCc1ccccc1NC(=O)c1ccc([C@@H]2C[C@H]2C(=O)Nc2ccc3cnccc3c2)cc1. The number of nitrogens with two attached hydrogens (primary N) is 1. The maximum Gasteiger partial charge on any atom is 0.255 e. The number of carbonyl (C=O) groups excluding carboxylic acids is 2. The molecule has 1 aliphatic carbocycles. The molecule has 0 spiro atoms. The Bertz CT molecular complexity index is 1330. The van der Waals surface area contributed by atoms with Crippen LogP contribution in [0.5, 0.6) is 0 Å². The molecule has 1 fully saturated rings. The summed E-state index contributed by atoms with van der Waals surface area (Å²) in [5.41, 5.74) is 9.78. The topological polar surface area (TPSA) is 97.1 Å². The van der Waals surface area contributed by atoms with E-state index in [9.17, 15) is 9.59 Å². The second-order valence-electron chi connectivity index (χ2n) is 8.31. The summed E-state index contributed by atoms with van der Waals surface area (Å²) in [6.45, 7) is 0.358. The van der Waals surface area contributed by atoms with Gasteiger partial charge in [0.25, 0.3) is 5.91 Å². The number of benzene rings is 3. The molecule has 3 aromatic carbocycles. The molecule has 0 aliphatic heterocycles. The molecule has 0 saturated heterocycles. The van der Waals surface area contributed by atoms with Crippen molar-refractivity contribution in [2.75, 3.05) is 10.6 Å². The summed E-state index contributed by atoms with van der Waals surface area (Å²) in [7, 11) is 0. The number of aromatic nitrogens is 1. The summed E-state index contributed by atoms with van der Waals surface area (Å²) in [6, 6.07) is 22.7. The van der Waals surface area contributed by atoms with E-state index in [4.69, 9.17) is 5.73 Å². The monoisotopic (exact) mass is 436 g/mol. The van der Waals surface area contributed by atoms with Crippen LogP contribution in [0.3, 0.4) is 0 Å². The Balaban J connectivity index is 1.21. The second-order valence-corrected chi connectivity index (χ2v) is 8.31. The van der Waals surface area contributed by atoms with Gasteiger partial charge in [0, 0.05) is 47.2 Å². The highest BCUT2D eigenvalue weighted by Crippen LogP contribution is 2.48. The molecule has 1 heterocycles. The van der Waals surface area contributed by atoms with Gasteiger partial charge in [-0.05, 0) is 65.3 Å². The Morgan fingerprint density at radius 1 is 0.939 bits per heavy atom. The third kappa shape index (κ3) is 4.47. The minimum absolute atomic E-state index is 0.0219. The quantitative estimate of drug-likeness (QED) is 0.409. The van der Waals surface area contributed by atoms with Crippen LogP contribution in [0.25, 0.3) is 10.8 Å². The molecular formula is C27H24N4O2. The van der Waals surface area contributed by atoms with Gasteiger partial charge in [-0.25, -0.2) is 0 Å². The van der Waals surface area contributed by atoms with Crippen molar-refractivity contribution in [3.63, 3.8) is 0 Å². The Kier molecular flexibility index (Phi) is 5.59. The highest BCUT2D eigenvalue weighted by atomic mass is 16.2. The van der Waals surface area contributed by atoms with Crippen LogP contribution < -0.4 is 16.4 Å². The largest absolute Gasteiger partial charge is 0.326 e. The predicted molar refractivity (Wildman–Crippen MR) is 130 cm³/mol. The minimum atomic E-state index is -0.181. The third-order valence-electron chi connectivity index (χ3n) is 6.12. The first-order chi connectivity index (χ1) is 16.1. The number of anilines is 2. The maximum atomic E-state index is 12.7. The Labute approximate surface area is 191 Å². The zero-order valence-corrected chi connectivity index (χ0v) is 18.0. The first-order valence-electron chi connectivity index (χ1n) is 11.0. The highest BCUT2D eigenvalue weighted by molar-refractivity contribution is 6.04. The van der Waals surface area contributed by atoms with E-state index in [-0.39, 0.29) is 23.7 Å². The van der Waals surface area contributed by atoms with Gasteiger partial charge in [0.2, 0.25) is 5.91 Å². The fourth-order valence-corrected chi connectivity index (χ4v) is 4.15. The molecule has 1 aromatic heterocycles. The first-order valence-corrected chi connectivity index (χ1v) is 11.0. The summed E-state index contributed by atoms with van der Waals surface area (Å²) < 4.78 is 0. The molecule has 0 radical (unpaired) electrons. The van der Waals surface area contributed by atoms with E-state index in [0.717, 1.165) is 39.7 Å². The van der Waals surface area contributed by atoms with Crippen LogP contribution in [0.2, 0.25) is 0 Å². The van der Waals surface area contributed by atoms with Crippen LogP contribution in [-0.2, 0) is 11.3 Å². The lowest BCUT2D eigenvalue weighted by atomic mass is 10.1. The van der Waals surface area contributed by atoms with Crippen molar-refractivity contribution in [2.24, 2.45) is 11.7 Å². The van der Waals surface area contributed by atoms with Crippen molar-refractivity contribution >= 4 is 34.0 Å². The van der Waals surface area contributed by atoms with Crippen molar-refractivity contribution in [2.45, 2.75) is 18.9 Å². The van der Waals surface area contributed by atoms with Gasteiger partial charge in [-0.3, -0.25) is 14.6 Å². The molecular weight excluding hydrogens is 412 g/mol. The molecule has 4 N–H and O–H groups in total. The zero-order chi connectivity index (χ0) is 22.8. The molecule has 33 heavy (non-hydrogen) atoms. The van der Waals surface area contributed by atoms with Crippen LogP contribution in [0.15, 0.2) is 85.2 Å². The van der Waals surface area contributed by atoms with Gasteiger partial charge in [-0.1, -0.05) is 36.4 Å². The van der Waals surface area contributed by atoms with Gasteiger partial charge in [0.1, 0.15) is 0 Å². The van der Waals surface area contributed by atoms with Gasteiger partial charge >= 0.3 is 0 Å². The zero-order valence-electron chi connectivity index (χ0n) is 18.0. The van der Waals surface area contributed by atoms with Crippen molar-refractivity contribution < 1.29 is 9.59 Å². The Morgan fingerprint density at radius 2 is 1.76 bits per heavy atom. The summed E-state index contributed by atoms with van der Waals surface area (Å²) in [5.74, 6) is -0.0494. The summed E-state index contributed by atoms with van der Waals surface area (Å²) >= 11 is 0. The van der Waals surface area contributed by atoms with E-state index in [2.05, 4.69) is 15.6 Å². The van der Waals surface area contributed by atoms with Crippen molar-refractivity contribution in [1.29, 1.82) is 0 Å². The minimum Gasteiger partial charge on any atom is -0.326 e. The average Bonchev–Trinajstić information content (AvgIpc) is 3.66. The average molecular weight is 437 g/mol. The smallest absolute Gasteiger partial charge is 0.255 e. The lowest BCUT2D eigenvalue weighted by molar-refractivity contribution is -0.117. The number of hydrogen-bond donors (Lipinski definition) is 3. The molecule has 1 aliphatic rings. The van der Waals surface area contributed by atoms with E-state index in [0.29, 0.717) is 12.1 Å². The lowest BCUT2D eigenvalue weighted by Gasteiger charge is -2.10. The van der Waals surface area contributed by atoms with Gasteiger partial charge in [-0.2, -0.15) is 0 Å². The predicted octanol–water partition coefficient (Wildman–Crippen LogP) is 4.69. The molecule has 1 saturated carbocycles. The second kappa shape index (κ2) is 8.84. The summed E-state index contributed by atoms with van der Waals surface area (Å²) in [5, 5.41) is 8.03. The first kappa shape index (κ1) is 20.8. The number of hydrogen-bond acceptors (Lipinski definition) is 4. The molecule has 0 unspecified atom stereocenters. The number of fused-ring (bicyclic) bond motifs is 1. The molecule has 6 nitrogen and oxygen atoms in total. The van der Waals surface area contributed by atoms with Gasteiger partial charge in [0.15, 0.2) is 0 Å². The summed E-state index contributed by atoms with van der Waals surface area (Å²) in [6.07, 6.45) is 4.35. The molecule has 0 bridgehead atoms. The summed E-state index contributed by atoms with van der Waals surface area (Å²) in [4.78, 5) is 29.5. The molecule has 6 heteroatoms. The van der Waals surface area contributed by atoms with E-state index < -0.39 is 0 Å². The van der Waals surface area contributed by atoms with Gasteiger partial charge in [0.05, 0.1) is 0 Å². The molecule has 4 aromatic rings.